The van der Waals surface area contributed by atoms with Crippen LogP contribution in [0.3, 0.4) is 0 Å². The molecule has 0 saturated carbocycles. The maximum absolute atomic E-state index is 11.9. The average Bonchev–Trinajstić information content (AvgIpc) is 2.78. The molecule has 0 aliphatic carbocycles. The van der Waals surface area contributed by atoms with Crippen LogP contribution in [0.15, 0.2) is 0 Å². The van der Waals surface area contributed by atoms with Gasteiger partial charge in [-0.05, 0) is 38.8 Å². The minimum absolute atomic E-state index is 0.138. The zero-order valence-electron chi connectivity index (χ0n) is 11.3. The van der Waals surface area contributed by atoms with Crippen LogP contribution in [0.5, 0.6) is 0 Å². The normalized spacial score (nSPS) is 20.5. The van der Waals surface area contributed by atoms with Gasteiger partial charge in [-0.1, -0.05) is 13.8 Å². The van der Waals surface area contributed by atoms with E-state index in [1.165, 1.54) is 12.8 Å². The first-order chi connectivity index (χ1) is 8.11. The van der Waals surface area contributed by atoms with E-state index in [-0.39, 0.29) is 17.9 Å². The molecule has 100 valence electrons. The first-order valence-electron chi connectivity index (χ1n) is 6.72. The number of rotatable bonds is 6. The van der Waals surface area contributed by atoms with Crippen molar-refractivity contribution in [2.75, 3.05) is 26.2 Å². The molecular weight excluding hydrogens is 216 g/mol. The number of nitrogens with two attached hydrogens (primary N) is 1. The van der Waals surface area contributed by atoms with Gasteiger partial charge in [-0.3, -0.25) is 9.69 Å². The minimum atomic E-state index is -0.187. The average molecular weight is 242 g/mol. The largest absolute Gasteiger partial charge is 0.466 e. The zero-order chi connectivity index (χ0) is 12.8. The van der Waals surface area contributed by atoms with Crippen LogP contribution in [-0.4, -0.2) is 43.2 Å². The van der Waals surface area contributed by atoms with Crippen LogP contribution < -0.4 is 5.73 Å². The number of likely N-dealkylation sites (tertiary alicyclic amines) is 1. The summed E-state index contributed by atoms with van der Waals surface area (Å²) in [5.74, 6) is 0.0970. The maximum Gasteiger partial charge on any atom is 0.311 e. The molecule has 2 unspecified atom stereocenters. The Kier molecular flexibility index (Phi) is 5.92. The smallest absolute Gasteiger partial charge is 0.311 e. The van der Waals surface area contributed by atoms with Gasteiger partial charge in [-0.2, -0.15) is 0 Å². The molecule has 1 rings (SSSR count). The van der Waals surface area contributed by atoms with Crippen molar-refractivity contribution in [2.45, 2.75) is 39.7 Å². The van der Waals surface area contributed by atoms with Crippen LogP contribution in [-0.2, 0) is 9.53 Å². The highest BCUT2D eigenvalue weighted by Gasteiger charge is 2.35. The van der Waals surface area contributed by atoms with Gasteiger partial charge in [-0.25, -0.2) is 0 Å². The highest BCUT2D eigenvalue weighted by atomic mass is 16.5. The monoisotopic (exact) mass is 242 g/mol. The molecule has 1 aliphatic heterocycles. The number of carbonyl (C=O) groups excluding carboxylic acids is 1. The second kappa shape index (κ2) is 6.97. The molecule has 0 aromatic heterocycles. The molecule has 4 heteroatoms. The van der Waals surface area contributed by atoms with Gasteiger partial charge < -0.3 is 10.5 Å². The van der Waals surface area contributed by atoms with Crippen LogP contribution in [0.1, 0.15) is 33.6 Å². The Bertz CT molecular complexity index is 238. The van der Waals surface area contributed by atoms with Crippen molar-refractivity contribution in [3.63, 3.8) is 0 Å². The van der Waals surface area contributed by atoms with Crippen LogP contribution in [0.25, 0.3) is 0 Å². The third kappa shape index (κ3) is 3.68. The molecule has 0 amide bonds. The molecule has 0 spiro atoms. The number of esters is 1. The van der Waals surface area contributed by atoms with Gasteiger partial charge >= 0.3 is 5.97 Å². The van der Waals surface area contributed by atoms with Gasteiger partial charge in [0.05, 0.1) is 12.5 Å². The third-order valence-electron chi connectivity index (χ3n) is 3.50. The predicted octanol–water partition coefficient (Wildman–Crippen LogP) is 1.24. The highest BCUT2D eigenvalue weighted by Crippen LogP contribution is 2.24. The van der Waals surface area contributed by atoms with Crippen molar-refractivity contribution in [3.05, 3.63) is 0 Å². The fourth-order valence-electron chi connectivity index (χ4n) is 2.80. The molecule has 1 aliphatic rings. The van der Waals surface area contributed by atoms with Crippen LogP contribution in [0.4, 0.5) is 0 Å². The van der Waals surface area contributed by atoms with E-state index in [0.717, 1.165) is 13.1 Å². The number of hydrogen-bond donors (Lipinski definition) is 1. The lowest BCUT2D eigenvalue weighted by Gasteiger charge is -2.35. The zero-order valence-corrected chi connectivity index (χ0v) is 11.3. The quantitative estimate of drug-likeness (QED) is 0.712. The Hall–Kier alpha value is -0.610. The lowest BCUT2D eigenvalue weighted by Crippen LogP contribution is -2.48. The van der Waals surface area contributed by atoms with Crippen LogP contribution in [0.2, 0.25) is 0 Å². The first-order valence-corrected chi connectivity index (χ1v) is 6.72. The Morgan fingerprint density at radius 1 is 1.35 bits per heavy atom. The summed E-state index contributed by atoms with van der Waals surface area (Å²) >= 11 is 0. The standard InChI is InChI=1S/C13H26N2O2/c1-4-17-13(16)11(9-14)12(10(2)3)15-7-5-6-8-15/h10-12H,4-9,14H2,1-3H3. The third-order valence-corrected chi connectivity index (χ3v) is 3.50. The van der Waals surface area contributed by atoms with Gasteiger partial charge in [0, 0.05) is 12.6 Å². The number of nitrogens with zero attached hydrogens (tertiary/aromatic N) is 1. The summed E-state index contributed by atoms with van der Waals surface area (Å²) in [7, 11) is 0. The maximum atomic E-state index is 11.9. The Morgan fingerprint density at radius 3 is 2.35 bits per heavy atom. The molecule has 17 heavy (non-hydrogen) atoms. The topological polar surface area (TPSA) is 55.6 Å². The van der Waals surface area contributed by atoms with Crippen molar-refractivity contribution in [3.8, 4) is 0 Å². The summed E-state index contributed by atoms with van der Waals surface area (Å²) in [6, 6.07) is 0.224. The van der Waals surface area contributed by atoms with Gasteiger partial charge in [0.2, 0.25) is 0 Å². The molecule has 1 saturated heterocycles. The van der Waals surface area contributed by atoms with Gasteiger partial charge in [-0.15, -0.1) is 0 Å². The van der Waals surface area contributed by atoms with E-state index in [1.807, 2.05) is 6.92 Å². The summed E-state index contributed by atoms with van der Waals surface area (Å²) in [5.41, 5.74) is 5.78. The van der Waals surface area contributed by atoms with E-state index < -0.39 is 0 Å². The molecule has 2 N–H and O–H groups in total. The molecule has 0 aromatic carbocycles. The summed E-state index contributed by atoms with van der Waals surface area (Å²) in [5, 5.41) is 0. The van der Waals surface area contributed by atoms with Crippen LogP contribution >= 0.6 is 0 Å². The molecule has 1 heterocycles. The number of carbonyl (C=O) groups is 1. The van der Waals surface area contributed by atoms with E-state index in [2.05, 4.69) is 18.7 Å². The van der Waals surface area contributed by atoms with Crippen molar-refractivity contribution in [1.82, 2.24) is 4.90 Å². The fourth-order valence-corrected chi connectivity index (χ4v) is 2.80. The number of ether oxygens (including phenoxy) is 1. The van der Waals surface area contributed by atoms with E-state index in [9.17, 15) is 4.79 Å². The van der Waals surface area contributed by atoms with E-state index >= 15 is 0 Å². The van der Waals surface area contributed by atoms with Gasteiger partial charge in [0.25, 0.3) is 0 Å². The Balaban J connectivity index is 2.74. The summed E-state index contributed by atoms with van der Waals surface area (Å²) < 4.78 is 5.14. The Morgan fingerprint density at radius 2 is 1.94 bits per heavy atom. The summed E-state index contributed by atoms with van der Waals surface area (Å²) in [4.78, 5) is 14.3. The first kappa shape index (κ1) is 14.5. The highest BCUT2D eigenvalue weighted by molar-refractivity contribution is 5.73. The van der Waals surface area contributed by atoms with Gasteiger partial charge in [0.15, 0.2) is 0 Å². The molecule has 4 nitrogen and oxygen atoms in total. The van der Waals surface area contributed by atoms with E-state index in [4.69, 9.17) is 10.5 Å². The van der Waals surface area contributed by atoms with Crippen molar-refractivity contribution in [1.29, 1.82) is 0 Å². The predicted molar refractivity (Wildman–Crippen MR) is 68.6 cm³/mol. The lowest BCUT2D eigenvalue weighted by molar-refractivity contribution is -0.150. The summed E-state index contributed by atoms with van der Waals surface area (Å²) in [6.07, 6.45) is 2.45. The molecule has 2 atom stereocenters. The van der Waals surface area contributed by atoms with Crippen LogP contribution in [0, 0.1) is 11.8 Å². The fraction of sp³-hybridized carbons (Fsp3) is 0.923. The second-order valence-electron chi connectivity index (χ2n) is 5.07. The molecule has 0 bridgehead atoms. The molecular formula is C13H26N2O2. The minimum Gasteiger partial charge on any atom is -0.466 e. The second-order valence-corrected chi connectivity index (χ2v) is 5.07. The van der Waals surface area contributed by atoms with E-state index in [1.54, 1.807) is 0 Å². The molecule has 1 fully saturated rings. The van der Waals surface area contributed by atoms with Crippen molar-refractivity contribution < 1.29 is 9.53 Å². The van der Waals surface area contributed by atoms with Crippen molar-refractivity contribution >= 4 is 5.97 Å². The van der Waals surface area contributed by atoms with E-state index in [0.29, 0.717) is 19.1 Å². The lowest BCUT2D eigenvalue weighted by atomic mass is 9.89. The SMILES string of the molecule is CCOC(=O)C(CN)C(C(C)C)N1CCCC1. The summed E-state index contributed by atoms with van der Waals surface area (Å²) in [6.45, 7) is 9.12. The molecule has 0 aromatic rings. The van der Waals surface area contributed by atoms with Gasteiger partial charge in [0.1, 0.15) is 0 Å². The number of hydrogen-bond acceptors (Lipinski definition) is 4. The molecule has 0 radical (unpaired) electrons. The van der Waals surface area contributed by atoms with Crippen molar-refractivity contribution in [2.24, 2.45) is 17.6 Å². The Labute approximate surface area is 104 Å².